The van der Waals surface area contributed by atoms with E-state index in [1.165, 1.54) is 13.0 Å². The van der Waals surface area contributed by atoms with E-state index >= 15 is 0 Å². The summed E-state index contributed by atoms with van der Waals surface area (Å²) >= 11 is 1.72. The Hall–Kier alpha value is -0.330. The molecule has 5 heteroatoms. The fourth-order valence-corrected chi connectivity index (χ4v) is 1.71. The van der Waals surface area contributed by atoms with E-state index in [1.807, 2.05) is 0 Å². The van der Waals surface area contributed by atoms with Gasteiger partial charge in [-0.15, -0.1) is 0 Å². The Morgan fingerprint density at radius 3 is 2.23 bits per heavy atom. The number of hydrogen-bond acceptors (Lipinski definition) is 0. The SMILES string of the molecule is Cc1cc(I)cc(C(F)(F)F)c1F. The summed E-state index contributed by atoms with van der Waals surface area (Å²) in [5.74, 6) is -1.19. The van der Waals surface area contributed by atoms with Gasteiger partial charge in [0.05, 0.1) is 5.56 Å². The van der Waals surface area contributed by atoms with Crippen LogP contribution < -0.4 is 0 Å². The van der Waals surface area contributed by atoms with E-state index in [2.05, 4.69) is 0 Å². The van der Waals surface area contributed by atoms with Gasteiger partial charge in [-0.3, -0.25) is 0 Å². The Bertz CT molecular complexity index is 330. The van der Waals surface area contributed by atoms with E-state index in [-0.39, 0.29) is 5.56 Å². The molecule has 0 radical (unpaired) electrons. The van der Waals surface area contributed by atoms with Gasteiger partial charge in [-0.25, -0.2) is 4.39 Å². The highest BCUT2D eigenvalue weighted by Gasteiger charge is 2.34. The zero-order chi connectivity index (χ0) is 10.2. The van der Waals surface area contributed by atoms with Crippen molar-refractivity contribution in [3.05, 3.63) is 32.6 Å². The van der Waals surface area contributed by atoms with Crippen LogP contribution in [0.4, 0.5) is 17.6 Å². The molecule has 0 heterocycles. The fourth-order valence-electron chi connectivity index (χ4n) is 0.932. The molecule has 1 aromatic rings. The minimum atomic E-state index is -4.62. The van der Waals surface area contributed by atoms with Crippen LogP contribution in [0.2, 0.25) is 0 Å². The molecule has 0 atom stereocenters. The highest BCUT2D eigenvalue weighted by Crippen LogP contribution is 2.33. The molecule has 0 aliphatic carbocycles. The molecule has 0 aliphatic rings. The van der Waals surface area contributed by atoms with Crippen molar-refractivity contribution in [2.75, 3.05) is 0 Å². The molecule has 0 nitrogen and oxygen atoms in total. The Kier molecular flexibility index (Phi) is 2.84. The molecule has 1 rings (SSSR count). The number of hydrogen-bond donors (Lipinski definition) is 0. The molecule has 0 aromatic heterocycles. The van der Waals surface area contributed by atoms with Crippen LogP contribution >= 0.6 is 22.6 Å². The van der Waals surface area contributed by atoms with E-state index in [4.69, 9.17) is 0 Å². The minimum absolute atomic E-state index is 0.0132. The summed E-state index contributed by atoms with van der Waals surface area (Å²) in [7, 11) is 0. The van der Waals surface area contributed by atoms with Crippen molar-refractivity contribution in [1.29, 1.82) is 0 Å². The van der Waals surface area contributed by atoms with E-state index < -0.39 is 17.6 Å². The number of aryl methyl sites for hydroxylation is 1. The van der Waals surface area contributed by atoms with Crippen molar-refractivity contribution >= 4 is 22.6 Å². The monoisotopic (exact) mass is 304 g/mol. The molecule has 0 amide bonds. The van der Waals surface area contributed by atoms with Crippen molar-refractivity contribution in [1.82, 2.24) is 0 Å². The lowest BCUT2D eigenvalue weighted by molar-refractivity contribution is -0.140. The van der Waals surface area contributed by atoms with Crippen LogP contribution in [0.25, 0.3) is 0 Å². The Labute approximate surface area is 86.1 Å². The Balaban J connectivity index is 3.37. The molecule has 0 saturated carbocycles. The van der Waals surface area contributed by atoms with Crippen LogP contribution in [-0.2, 0) is 6.18 Å². The third kappa shape index (κ3) is 2.32. The standard InChI is InChI=1S/C8H5F4I/c1-4-2-5(13)3-6(7(4)9)8(10,11)12/h2-3H,1H3. The van der Waals surface area contributed by atoms with Crippen molar-refractivity contribution in [3.63, 3.8) is 0 Å². The summed E-state index contributed by atoms with van der Waals surface area (Å²) in [5.41, 5.74) is -1.18. The lowest BCUT2D eigenvalue weighted by atomic mass is 10.1. The topological polar surface area (TPSA) is 0 Å². The van der Waals surface area contributed by atoms with Crippen LogP contribution in [0.5, 0.6) is 0 Å². The second kappa shape index (κ2) is 3.43. The average molecular weight is 304 g/mol. The normalized spacial score (nSPS) is 11.8. The molecule has 13 heavy (non-hydrogen) atoms. The zero-order valence-corrected chi connectivity index (χ0v) is 8.70. The lowest BCUT2D eigenvalue weighted by Crippen LogP contribution is -2.09. The molecule has 0 aliphatic heterocycles. The van der Waals surface area contributed by atoms with Crippen LogP contribution in [0.3, 0.4) is 0 Å². The van der Waals surface area contributed by atoms with Crippen LogP contribution in [0.1, 0.15) is 11.1 Å². The largest absolute Gasteiger partial charge is 0.419 e. The van der Waals surface area contributed by atoms with Gasteiger partial charge in [0.1, 0.15) is 5.82 Å². The summed E-state index contributed by atoms with van der Waals surface area (Å²) in [6, 6.07) is 2.16. The summed E-state index contributed by atoms with van der Waals surface area (Å²) in [6.07, 6.45) is -4.62. The molecule has 0 bridgehead atoms. The minimum Gasteiger partial charge on any atom is -0.206 e. The van der Waals surface area contributed by atoms with Gasteiger partial charge < -0.3 is 0 Å². The molecule has 72 valence electrons. The summed E-state index contributed by atoms with van der Waals surface area (Å²) in [6.45, 7) is 1.31. The van der Waals surface area contributed by atoms with E-state index in [9.17, 15) is 17.6 Å². The predicted molar refractivity (Wildman–Crippen MR) is 48.9 cm³/mol. The highest BCUT2D eigenvalue weighted by molar-refractivity contribution is 14.1. The smallest absolute Gasteiger partial charge is 0.206 e. The first-order chi connectivity index (χ1) is 5.82. The molecule has 1 aromatic carbocycles. The number of benzene rings is 1. The van der Waals surface area contributed by atoms with Gasteiger partial charge in [0.25, 0.3) is 0 Å². The maximum Gasteiger partial charge on any atom is 0.419 e. The van der Waals surface area contributed by atoms with Gasteiger partial charge >= 0.3 is 6.18 Å². The van der Waals surface area contributed by atoms with Crippen LogP contribution in [-0.4, -0.2) is 0 Å². The highest BCUT2D eigenvalue weighted by atomic mass is 127. The Morgan fingerprint density at radius 1 is 1.23 bits per heavy atom. The summed E-state index contributed by atoms with van der Waals surface area (Å²) < 4.78 is 49.8. The first-order valence-corrected chi connectivity index (χ1v) is 4.43. The van der Waals surface area contributed by atoms with E-state index in [0.717, 1.165) is 6.07 Å². The third-order valence-electron chi connectivity index (χ3n) is 1.52. The fraction of sp³-hybridized carbons (Fsp3) is 0.250. The number of alkyl halides is 3. The van der Waals surface area contributed by atoms with Crippen molar-refractivity contribution in [3.8, 4) is 0 Å². The van der Waals surface area contributed by atoms with Gasteiger partial charge in [0, 0.05) is 3.57 Å². The van der Waals surface area contributed by atoms with Crippen LogP contribution in [0, 0.1) is 16.3 Å². The number of halogens is 5. The second-order valence-electron chi connectivity index (χ2n) is 2.58. The summed E-state index contributed by atoms with van der Waals surface area (Å²) in [5, 5.41) is 0. The molecule has 0 saturated heterocycles. The first-order valence-electron chi connectivity index (χ1n) is 3.35. The maximum atomic E-state index is 13.0. The van der Waals surface area contributed by atoms with Crippen molar-refractivity contribution in [2.24, 2.45) is 0 Å². The molecule has 0 spiro atoms. The van der Waals surface area contributed by atoms with E-state index in [1.54, 1.807) is 22.6 Å². The van der Waals surface area contributed by atoms with Crippen molar-refractivity contribution < 1.29 is 17.6 Å². The van der Waals surface area contributed by atoms with Gasteiger partial charge in [0.15, 0.2) is 0 Å². The second-order valence-corrected chi connectivity index (χ2v) is 3.83. The predicted octanol–water partition coefficient (Wildman–Crippen LogP) is 3.76. The van der Waals surface area contributed by atoms with Gasteiger partial charge in [0.2, 0.25) is 0 Å². The molecule has 0 fully saturated rings. The molecular weight excluding hydrogens is 299 g/mol. The van der Waals surface area contributed by atoms with Crippen LogP contribution in [0.15, 0.2) is 12.1 Å². The lowest BCUT2D eigenvalue weighted by Gasteiger charge is -2.09. The van der Waals surface area contributed by atoms with Gasteiger partial charge in [-0.05, 0) is 47.2 Å². The average Bonchev–Trinajstić information content (AvgIpc) is 1.94. The van der Waals surface area contributed by atoms with Gasteiger partial charge in [-0.1, -0.05) is 0 Å². The summed E-state index contributed by atoms with van der Waals surface area (Å²) in [4.78, 5) is 0. The first kappa shape index (κ1) is 10.7. The van der Waals surface area contributed by atoms with Gasteiger partial charge in [-0.2, -0.15) is 13.2 Å². The molecule has 0 N–H and O–H groups in total. The maximum absolute atomic E-state index is 13.0. The quantitative estimate of drug-likeness (QED) is 0.506. The number of rotatable bonds is 0. The third-order valence-corrected chi connectivity index (χ3v) is 2.15. The molecule has 0 unspecified atom stereocenters. The molecular formula is C8H5F4I. The van der Waals surface area contributed by atoms with Crippen molar-refractivity contribution in [2.45, 2.75) is 13.1 Å². The zero-order valence-electron chi connectivity index (χ0n) is 6.54. The van der Waals surface area contributed by atoms with E-state index in [0.29, 0.717) is 3.57 Å². The Morgan fingerprint density at radius 2 is 1.77 bits per heavy atom.